The molecule has 1 aromatic rings. The molecule has 1 fully saturated rings. The van der Waals surface area contributed by atoms with E-state index >= 15 is 0 Å². The van der Waals surface area contributed by atoms with Crippen molar-refractivity contribution in [1.82, 2.24) is 4.72 Å². The van der Waals surface area contributed by atoms with Crippen LogP contribution in [0.4, 0.5) is 0 Å². The van der Waals surface area contributed by atoms with Gasteiger partial charge in [0, 0.05) is 12.1 Å². The number of rotatable bonds is 5. The van der Waals surface area contributed by atoms with Crippen LogP contribution in [0.25, 0.3) is 0 Å². The Hall–Kier alpha value is -0.910. The van der Waals surface area contributed by atoms with Crippen molar-refractivity contribution in [3.63, 3.8) is 0 Å². The molecule has 0 radical (unpaired) electrons. The Labute approximate surface area is 121 Å². The zero-order chi connectivity index (χ0) is 14.8. The summed E-state index contributed by atoms with van der Waals surface area (Å²) in [6, 6.07) is 7.11. The Morgan fingerprint density at radius 2 is 1.75 bits per heavy atom. The van der Waals surface area contributed by atoms with Gasteiger partial charge in [0.25, 0.3) is 0 Å². The smallest absolute Gasteiger partial charge is 0.241 e. The number of nitrogens with two attached hydrogens (primary N) is 1. The minimum absolute atomic E-state index is 0.321. The van der Waals surface area contributed by atoms with Gasteiger partial charge in [0.05, 0.1) is 4.90 Å². The molecule has 4 nitrogen and oxygen atoms in total. The third-order valence-corrected chi connectivity index (χ3v) is 5.75. The SMILES string of the molecule is CC(C)c1ccc(S(=O)(=O)NC2(CN)CCCC2)cc1. The van der Waals surface area contributed by atoms with E-state index in [9.17, 15) is 8.42 Å². The summed E-state index contributed by atoms with van der Waals surface area (Å²) >= 11 is 0. The summed E-state index contributed by atoms with van der Waals surface area (Å²) in [6.45, 7) is 4.53. The second-order valence-electron chi connectivity index (χ2n) is 6.02. The predicted molar refractivity (Wildman–Crippen MR) is 81.1 cm³/mol. The topological polar surface area (TPSA) is 72.2 Å². The molecule has 0 bridgehead atoms. The van der Waals surface area contributed by atoms with E-state index in [0.717, 1.165) is 31.2 Å². The number of sulfonamides is 1. The van der Waals surface area contributed by atoms with Crippen molar-refractivity contribution in [3.8, 4) is 0 Å². The molecule has 0 aromatic heterocycles. The maximum atomic E-state index is 12.5. The summed E-state index contributed by atoms with van der Waals surface area (Å²) in [7, 11) is -3.49. The van der Waals surface area contributed by atoms with Gasteiger partial charge in [0.15, 0.2) is 0 Å². The summed E-state index contributed by atoms with van der Waals surface area (Å²) in [5, 5.41) is 0. The maximum Gasteiger partial charge on any atom is 0.241 e. The summed E-state index contributed by atoms with van der Waals surface area (Å²) < 4.78 is 27.8. The monoisotopic (exact) mass is 296 g/mol. The molecule has 0 spiro atoms. The van der Waals surface area contributed by atoms with Gasteiger partial charge in [-0.2, -0.15) is 0 Å². The first-order valence-corrected chi connectivity index (χ1v) is 8.71. The van der Waals surface area contributed by atoms with Crippen molar-refractivity contribution in [2.45, 2.75) is 55.9 Å². The fourth-order valence-corrected chi connectivity index (χ4v) is 4.25. The normalized spacial score (nSPS) is 18.6. The van der Waals surface area contributed by atoms with E-state index in [2.05, 4.69) is 18.6 Å². The van der Waals surface area contributed by atoms with Crippen LogP contribution in [0.15, 0.2) is 29.2 Å². The van der Waals surface area contributed by atoms with Gasteiger partial charge >= 0.3 is 0 Å². The van der Waals surface area contributed by atoms with E-state index in [0.29, 0.717) is 17.4 Å². The maximum absolute atomic E-state index is 12.5. The number of hydrogen-bond acceptors (Lipinski definition) is 3. The van der Waals surface area contributed by atoms with E-state index in [4.69, 9.17) is 5.73 Å². The Bertz CT molecular complexity index is 544. The summed E-state index contributed by atoms with van der Waals surface area (Å²) in [6.07, 6.45) is 3.72. The minimum atomic E-state index is -3.49. The quantitative estimate of drug-likeness (QED) is 0.876. The molecule has 20 heavy (non-hydrogen) atoms. The molecule has 0 unspecified atom stereocenters. The van der Waals surface area contributed by atoms with Crippen LogP contribution in [-0.4, -0.2) is 20.5 Å². The van der Waals surface area contributed by atoms with Crippen molar-refractivity contribution >= 4 is 10.0 Å². The van der Waals surface area contributed by atoms with E-state index in [-0.39, 0.29) is 0 Å². The molecule has 112 valence electrons. The standard InChI is InChI=1S/C15H24N2O2S/c1-12(2)13-5-7-14(8-6-13)20(18,19)17-15(11-16)9-3-4-10-15/h5-8,12,17H,3-4,9-11,16H2,1-2H3. The van der Waals surface area contributed by atoms with Gasteiger partial charge in [-0.25, -0.2) is 13.1 Å². The largest absolute Gasteiger partial charge is 0.329 e. The average molecular weight is 296 g/mol. The lowest BCUT2D eigenvalue weighted by atomic mass is 10.0. The summed E-state index contributed by atoms with van der Waals surface area (Å²) in [5.74, 6) is 0.393. The second kappa shape index (κ2) is 5.84. The summed E-state index contributed by atoms with van der Waals surface area (Å²) in [5.41, 5.74) is 6.48. The van der Waals surface area contributed by atoms with Gasteiger partial charge in [-0.05, 0) is 36.5 Å². The molecule has 1 aliphatic carbocycles. The van der Waals surface area contributed by atoms with Crippen LogP contribution < -0.4 is 10.5 Å². The van der Waals surface area contributed by atoms with Crippen molar-refractivity contribution < 1.29 is 8.42 Å². The molecular formula is C15H24N2O2S. The Morgan fingerprint density at radius 3 is 2.20 bits per heavy atom. The number of nitrogens with one attached hydrogen (secondary N) is 1. The van der Waals surface area contributed by atoms with E-state index in [1.165, 1.54) is 0 Å². The molecule has 5 heteroatoms. The van der Waals surface area contributed by atoms with E-state index < -0.39 is 15.6 Å². The van der Waals surface area contributed by atoms with Crippen LogP contribution in [-0.2, 0) is 10.0 Å². The van der Waals surface area contributed by atoms with E-state index in [1.807, 2.05) is 12.1 Å². The van der Waals surface area contributed by atoms with Gasteiger partial charge in [0.1, 0.15) is 0 Å². The number of hydrogen-bond donors (Lipinski definition) is 2. The third kappa shape index (κ3) is 3.22. The lowest BCUT2D eigenvalue weighted by molar-refractivity contribution is 0.399. The van der Waals surface area contributed by atoms with Crippen molar-refractivity contribution in [1.29, 1.82) is 0 Å². The molecule has 0 atom stereocenters. The molecular weight excluding hydrogens is 272 g/mol. The fraction of sp³-hybridized carbons (Fsp3) is 0.600. The lowest BCUT2D eigenvalue weighted by Gasteiger charge is -2.28. The van der Waals surface area contributed by atoms with Crippen molar-refractivity contribution in [2.75, 3.05) is 6.54 Å². The van der Waals surface area contributed by atoms with Gasteiger partial charge in [-0.1, -0.05) is 38.8 Å². The fourth-order valence-electron chi connectivity index (χ4n) is 2.78. The van der Waals surface area contributed by atoms with Crippen LogP contribution in [0.2, 0.25) is 0 Å². The van der Waals surface area contributed by atoms with Crippen LogP contribution in [0.3, 0.4) is 0 Å². The Balaban J connectivity index is 2.21. The minimum Gasteiger partial charge on any atom is -0.329 e. The Morgan fingerprint density at radius 1 is 1.20 bits per heavy atom. The van der Waals surface area contributed by atoms with Crippen LogP contribution in [0, 0.1) is 0 Å². The van der Waals surface area contributed by atoms with Crippen molar-refractivity contribution in [3.05, 3.63) is 29.8 Å². The van der Waals surface area contributed by atoms with Gasteiger partial charge in [0.2, 0.25) is 10.0 Å². The molecule has 0 heterocycles. The Kier molecular flexibility index (Phi) is 4.52. The van der Waals surface area contributed by atoms with E-state index in [1.54, 1.807) is 12.1 Å². The zero-order valence-electron chi connectivity index (χ0n) is 12.2. The van der Waals surface area contributed by atoms with Gasteiger partial charge in [-0.3, -0.25) is 0 Å². The highest BCUT2D eigenvalue weighted by atomic mass is 32.2. The molecule has 1 saturated carbocycles. The molecule has 0 aliphatic heterocycles. The lowest BCUT2D eigenvalue weighted by Crippen LogP contribution is -2.51. The molecule has 1 aliphatic rings. The average Bonchev–Trinajstić information content (AvgIpc) is 2.87. The first kappa shape index (κ1) is 15.5. The molecule has 0 amide bonds. The van der Waals surface area contributed by atoms with Crippen LogP contribution in [0.5, 0.6) is 0 Å². The highest BCUT2D eigenvalue weighted by Crippen LogP contribution is 2.30. The third-order valence-electron chi connectivity index (χ3n) is 4.16. The highest BCUT2D eigenvalue weighted by molar-refractivity contribution is 7.89. The zero-order valence-corrected chi connectivity index (χ0v) is 13.0. The molecule has 0 saturated heterocycles. The molecule has 1 aromatic carbocycles. The van der Waals surface area contributed by atoms with Crippen LogP contribution in [0.1, 0.15) is 51.0 Å². The van der Waals surface area contributed by atoms with Crippen molar-refractivity contribution in [2.24, 2.45) is 5.73 Å². The highest BCUT2D eigenvalue weighted by Gasteiger charge is 2.36. The van der Waals surface area contributed by atoms with Crippen LogP contribution >= 0.6 is 0 Å². The second-order valence-corrected chi connectivity index (χ2v) is 7.70. The summed E-state index contributed by atoms with van der Waals surface area (Å²) in [4.78, 5) is 0.321. The first-order valence-electron chi connectivity index (χ1n) is 7.23. The van der Waals surface area contributed by atoms with Gasteiger partial charge in [-0.15, -0.1) is 0 Å². The first-order chi connectivity index (χ1) is 9.38. The van der Waals surface area contributed by atoms with Gasteiger partial charge < -0.3 is 5.73 Å². The number of benzene rings is 1. The predicted octanol–water partition coefficient (Wildman–Crippen LogP) is 2.36. The molecule has 2 rings (SSSR count). The molecule has 3 N–H and O–H groups in total.